The third-order valence-corrected chi connectivity index (χ3v) is 3.26. The number of amides is 1. The van der Waals surface area contributed by atoms with Crippen molar-refractivity contribution in [2.45, 2.75) is 25.6 Å². The molecule has 1 unspecified atom stereocenters. The number of alkyl carbamates (subject to hydrolysis) is 1. The number of carbonyl (C=O) groups excluding carboxylic acids is 2. The summed E-state index contributed by atoms with van der Waals surface area (Å²) < 4.78 is 10.9. The zero-order valence-corrected chi connectivity index (χ0v) is 13.9. The largest absolute Gasteiger partial charge is 0.481 e. The number of hydrogen-bond acceptors (Lipinski definition) is 8. The minimum absolute atomic E-state index is 0.0124. The Labute approximate surface area is 147 Å². The zero-order chi connectivity index (χ0) is 18.9. The molecule has 1 heterocycles. The lowest BCUT2D eigenvalue weighted by atomic mass is 10.1. The molecule has 11 heteroatoms. The van der Waals surface area contributed by atoms with Gasteiger partial charge in [0.1, 0.15) is 19.2 Å². The second-order valence-corrected chi connectivity index (χ2v) is 5.15. The Morgan fingerprint density at radius 1 is 1.27 bits per heavy atom. The first kappa shape index (κ1) is 18.8. The van der Waals surface area contributed by atoms with E-state index in [2.05, 4.69) is 20.8 Å². The van der Waals surface area contributed by atoms with Crippen molar-refractivity contribution in [1.82, 2.24) is 25.5 Å². The minimum Gasteiger partial charge on any atom is -0.481 e. The van der Waals surface area contributed by atoms with Crippen LogP contribution in [0.4, 0.5) is 4.79 Å². The maximum atomic E-state index is 12.3. The van der Waals surface area contributed by atoms with Crippen LogP contribution in [0.15, 0.2) is 30.3 Å². The van der Waals surface area contributed by atoms with E-state index in [1.165, 1.54) is 7.11 Å². The van der Waals surface area contributed by atoms with Crippen LogP contribution < -0.4 is 10.1 Å². The van der Waals surface area contributed by atoms with Gasteiger partial charge in [0.2, 0.25) is 0 Å². The molecule has 2 aromatic rings. The second kappa shape index (κ2) is 9.11. The molecule has 1 aromatic carbocycles. The molecule has 0 aliphatic rings. The van der Waals surface area contributed by atoms with E-state index in [1.54, 1.807) is 24.3 Å². The summed E-state index contributed by atoms with van der Waals surface area (Å²) in [7, 11) is 1.32. The maximum Gasteiger partial charge on any atom is 0.408 e. The van der Waals surface area contributed by atoms with Crippen molar-refractivity contribution in [3.63, 3.8) is 0 Å². The Balaban J connectivity index is 1.96. The molecule has 0 aliphatic carbocycles. The van der Waals surface area contributed by atoms with Crippen molar-refractivity contribution in [2.24, 2.45) is 0 Å². The zero-order valence-electron chi connectivity index (χ0n) is 13.9. The van der Waals surface area contributed by atoms with Crippen molar-refractivity contribution in [3.05, 3.63) is 35.9 Å². The highest BCUT2D eigenvalue weighted by atomic mass is 16.5. The number of nitrogens with zero attached hydrogens (tertiary/aromatic N) is 4. The molecule has 2 N–H and O–H groups in total. The molecule has 2 rings (SSSR count). The number of rotatable bonds is 9. The Hall–Kier alpha value is -3.50. The van der Waals surface area contributed by atoms with Gasteiger partial charge in [-0.15, -0.1) is 0 Å². The molecule has 0 saturated carbocycles. The summed E-state index contributed by atoms with van der Waals surface area (Å²) in [5.41, 5.74) is 0.752. The van der Waals surface area contributed by atoms with Gasteiger partial charge in [0.05, 0.1) is 13.5 Å². The number of hydrogen-bond donors (Lipinski definition) is 2. The number of tetrazole rings is 1. The van der Waals surface area contributed by atoms with Crippen molar-refractivity contribution < 1.29 is 29.0 Å². The van der Waals surface area contributed by atoms with Gasteiger partial charge in [-0.05, 0) is 16.0 Å². The van der Waals surface area contributed by atoms with E-state index in [1.807, 2.05) is 6.07 Å². The summed E-state index contributed by atoms with van der Waals surface area (Å²) in [5, 5.41) is 21.7. The third kappa shape index (κ3) is 5.54. The van der Waals surface area contributed by atoms with Crippen molar-refractivity contribution >= 4 is 17.8 Å². The van der Waals surface area contributed by atoms with E-state index in [-0.39, 0.29) is 19.2 Å². The highest BCUT2D eigenvalue weighted by Crippen LogP contribution is 2.05. The fraction of sp³-hybridized carbons (Fsp3) is 0.333. The summed E-state index contributed by atoms with van der Waals surface area (Å²) >= 11 is 0. The third-order valence-electron chi connectivity index (χ3n) is 3.26. The summed E-state index contributed by atoms with van der Waals surface area (Å²) in [6, 6.07) is 7.59. The summed E-state index contributed by atoms with van der Waals surface area (Å²) in [4.78, 5) is 35.2. The average Bonchev–Trinajstić information content (AvgIpc) is 3.07. The molecule has 0 bridgehead atoms. The molecule has 1 amide bonds. The van der Waals surface area contributed by atoms with Gasteiger partial charge in [0, 0.05) is 0 Å². The minimum atomic E-state index is -1.30. The summed E-state index contributed by atoms with van der Waals surface area (Å²) in [6.45, 7) is -0.380. The first-order chi connectivity index (χ1) is 12.5. The smallest absolute Gasteiger partial charge is 0.408 e. The Morgan fingerprint density at radius 3 is 2.65 bits per heavy atom. The Kier molecular flexibility index (Phi) is 6.60. The van der Waals surface area contributed by atoms with Crippen molar-refractivity contribution in [1.29, 1.82) is 0 Å². The lowest BCUT2D eigenvalue weighted by molar-refractivity contribution is -0.139. The van der Waals surface area contributed by atoms with Gasteiger partial charge in [-0.25, -0.2) is 4.79 Å². The van der Waals surface area contributed by atoms with E-state index >= 15 is 0 Å². The second-order valence-electron chi connectivity index (χ2n) is 5.15. The van der Waals surface area contributed by atoms with Crippen LogP contribution in [0.1, 0.15) is 12.0 Å². The number of Topliss-reactive ketones (excluding diaryl/α,β-unsaturated/α-hetero) is 1. The highest BCUT2D eigenvalue weighted by molar-refractivity contribution is 5.90. The number of ether oxygens (including phenoxy) is 2. The molecule has 0 radical (unpaired) electrons. The van der Waals surface area contributed by atoms with Gasteiger partial charge in [-0.2, -0.15) is 4.68 Å². The van der Waals surface area contributed by atoms with Gasteiger partial charge in [0.15, 0.2) is 5.78 Å². The van der Waals surface area contributed by atoms with Gasteiger partial charge in [0.25, 0.3) is 0 Å². The van der Waals surface area contributed by atoms with Crippen LogP contribution in [-0.2, 0) is 27.5 Å². The van der Waals surface area contributed by atoms with Gasteiger partial charge in [-0.3, -0.25) is 9.59 Å². The first-order valence-corrected chi connectivity index (χ1v) is 7.51. The SMILES string of the molecule is COc1nnnn1CC(=O)C(CC(=O)O)NC(=O)OCc1ccccc1. The number of aromatic nitrogens is 4. The van der Waals surface area contributed by atoms with Gasteiger partial charge in [-0.1, -0.05) is 35.4 Å². The molecular formula is C15H17N5O6. The normalized spacial score (nSPS) is 11.4. The van der Waals surface area contributed by atoms with Gasteiger partial charge < -0.3 is 19.9 Å². The molecule has 1 atom stereocenters. The monoisotopic (exact) mass is 363 g/mol. The molecule has 26 heavy (non-hydrogen) atoms. The van der Waals surface area contributed by atoms with Crippen LogP contribution in [0.3, 0.4) is 0 Å². The number of carboxylic acid groups (broad SMARTS) is 1. The van der Waals surface area contributed by atoms with E-state index < -0.39 is 30.3 Å². The molecule has 0 fully saturated rings. The summed E-state index contributed by atoms with van der Waals surface area (Å²) in [5.74, 6) is -1.87. The Morgan fingerprint density at radius 2 is 2.00 bits per heavy atom. The van der Waals surface area contributed by atoms with Crippen LogP contribution in [0.25, 0.3) is 0 Å². The van der Waals surface area contributed by atoms with Crippen LogP contribution in [-0.4, -0.2) is 56.3 Å². The fourth-order valence-corrected chi connectivity index (χ4v) is 2.03. The predicted molar refractivity (Wildman–Crippen MR) is 85.2 cm³/mol. The average molecular weight is 363 g/mol. The maximum absolute atomic E-state index is 12.3. The highest BCUT2D eigenvalue weighted by Gasteiger charge is 2.26. The summed E-state index contributed by atoms with van der Waals surface area (Å²) in [6.07, 6.45) is -1.51. The number of carbonyl (C=O) groups is 3. The van der Waals surface area contributed by atoms with E-state index in [9.17, 15) is 14.4 Å². The van der Waals surface area contributed by atoms with Crippen molar-refractivity contribution in [2.75, 3.05) is 7.11 Å². The quantitative estimate of drug-likeness (QED) is 0.629. The number of benzene rings is 1. The molecular weight excluding hydrogens is 346 g/mol. The lowest BCUT2D eigenvalue weighted by Gasteiger charge is -2.16. The first-order valence-electron chi connectivity index (χ1n) is 7.51. The van der Waals surface area contributed by atoms with Crippen LogP contribution in [0.2, 0.25) is 0 Å². The van der Waals surface area contributed by atoms with E-state index in [0.717, 1.165) is 10.2 Å². The molecule has 1 aromatic heterocycles. The van der Waals surface area contributed by atoms with Crippen LogP contribution >= 0.6 is 0 Å². The molecule has 0 saturated heterocycles. The standard InChI is InChI=1S/C15H17N5O6/c1-25-14-17-18-19-20(14)8-12(21)11(7-13(22)23)16-15(24)26-9-10-5-3-2-4-6-10/h2-6,11H,7-9H2,1H3,(H,16,24)(H,22,23). The topological polar surface area (TPSA) is 146 Å². The number of nitrogens with one attached hydrogen (secondary N) is 1. The number of methoxy groups -OCH3 is 1. The van der Waals surface area contributed by atoms with Gasteiger partial charge >= 0.3 is 18.1 Å². The number of ketones is 1. The number of carboxylic acids is 1. The van der Waals surface area contributed by atoms with E-state index in [0.29, 0.717) is 0 Å². The molecule has 138 valence electrons. The predicted octanol–water partition coefficient (Wildman–Crippen LogP) is 0.0205. The molecule has 0 aliphatic heterocycles. The van der Waals surface area contributed by atoms with Crippen LogP contribution in [0, 0.1) is 0 Å². The Bertz CT molecular complexity index is 763. The fourth-order valence-electron chi connectivity index (χ4n) is 2.03. The number of aliphatic carboxylic acids is 1. The molecule has 0 spiro atoms. The van der Waals surface area contributed by atoms with E-state index in [4.69, 9.17) is 14.6 Å². The molecule has 11 nitrogen and oxygen atoms in total. The lowest BCUT2D eigenvalue weighted by Crippen LogP contribution is -2.44. The van der Waals surface area contributed by atoms with Crippen LogP contribution in [0.5, 0.6) is 6.01 Å². The van der Waals surface area contributed by atoms with Crippen molar-refractivity contribution in [3.8, 4) is 6.01 Å².